The lowest BCUT2D eigenvalue weighted by atomic mass is 10.0. The van der Waals surface area contributed by atoms with Crippen molar-refractivity contribution in [2.24, 2.45) is 5.73 Å². The Bertz CT molecular complexity index is 1980. The zero-order chi connectivity index (χ0) is 35.7. The first-order chi connectivity index (χ1) is 24.0. The lowest BCUT2D eigenvalue weighted by Crippen LogP contribution is -2.33. The van der Waals surface area contributed by atoms with Gasteiger partial charge in [0.15, 0.2) is 5.75 Å². The van der Waals surface area contributed by atoms with Gasteiger partial charge in [0.05, 0.1) is 18.3 Å². The van der Waals surface area contributed by atoms with Crippen LogP contribution in [0.25, 0.3) is 10.8 Å². The molecule has 6 rings (SSSR count). The number of benzene rings is 5. The van der Waals surface area contributed by atoms with E-state index in [0.717, 1.165) is 34.7 Å². The molecule has 8 nitrogen and oxygen atoms in total. The van der Waals surface area contributed by atoms with Crippen LogP contribution in [-0.4, -0.2) is 29.1 Å². The molecule has 0 saturated heterocycles. The Morgan fingerprint density at radius 3 is 2.32 bits per heavy atom. The quantitative estimate of drug-likeness (QED) is 0.138. The van der Waals surface area contributed by atoms with Crippen LogP contribution < -0.4 is 20.7 Å². The number of aryl methyl sites for hydroxylation is 1. The first-order valence-corrected chi connectivity index (χ1v) is 16.0. The molecule has 11 heteroatoms. The number of carboxylic acids is 1. The molecule has 1 aliphatic rings. The fourth-order valence-corrected chi connectivity index (χ4v) is 5.87. The predicted molar refractivity (Wildman–Crippen MR) is 185 cm³/mol. The average molecular weight is 684 g/mol. The van der Waals surface area contributed by atoms with Gasteiger partial charge >= 0.3 is 12.1 Å². The number of carbonyl (C=O) groups is 3. The smallest absolute Gasteiger partial charge is 0.475 e. The Balaban J connectivity index is 0.000000630. The SMILES string of the molecule is NCc1cccc(Oc2ccccc2N(Cc2cccc3ccccc23)C(=O)CCC(=O)NC2CCc3ccccc32)c1.O=C(O)C(F)(F)F. The van der Waals surface area contributed by atoms with E-state index in [1.54, 1.807) is 4.90 Å². The van der Waals surface area contributed by atoms with Gasteiger partial charge in [-0.25, -0.2) is 4.79 Å². The standard InChI is InChI=1S/C37H35N3O3.C2HF3O2/c38-24-26-9-7-14-30(23-26)43-35-18-6-5-17-34(35)40(25-29-13-8-12-27-10-1-3-15-31(27)29)37(42)22-21-36(41)39-33-20-19-28-11-2-4-16-32(28)33;3-2(4,5)1(6)7/h1-18,23,33H,19-22,24-25,38H2,(H,39,41);(H,6,7). The second kappa shape index (κ2) is 16.1. The molecule has 0 bridgehead atoms. The van der Waals surface area contributed by atoms with Crippen LogP contribution in [0.3, 0.4) is 0 Å². The Morgan fingerprint density at radius 2 is 1.54 bits per heavy atom. The maximum Gasteiger partial charge on any atom is 0.490 e. The van der Waals surface area contributed by atoms with Crippen molar-refractivity contribution >= 4 is 34.2 Å². The number of alkyl halides is 3. The van der Waals surface area contributed by atoms with Gasteiger partial charge in [-0.3, -0.25) is 9.59 Å². The number of hydrogen-bond acceptors (Lipinski definition) is 5. The number of carboxylic acid groups (broad SMARTS) is 1. The fourth-order valence-electron chi connectivity index (χ4n) is 5.87. The molecule has 0 aromatic heterocycles. The summed E-state index contributed by atoms with van der Waals surface area (Å²) in [5.74, 6) is -1.83. The van der Waals surface area contributed by atoms with Gasteiger partial charge in [0.25, 0.3) is 0 Å². The Hall–Kier alpha value is -5.68. The lowest BCUT2D eigenvalue weighted by molar-refractivity contribution is -0.192. The maximum absolute atomic E-state index is 14.0. The molecule has 0 heterocycles. The first-order valence-electron chi connectivity index (χ1n) is 16.0. The van der Waals surface area contributed by atoms with Crippen molar-refractivity contribution in [2.75, 3.05) is 4.90 Å². The number of rotatable bonds is 10. The summed E-state index contributed by atoms with van der Waals surface area (Å²) in [5, 5.41) is 12.5. The molecular formula is C39H36F3N3O5. The van der Waals surface area contributed by atoms with E-state index in [9.17, 15) is 22.8 Å². The van der Waals surface area contributed by atoms with Crippen LogP contribution in [-0.2, 0) is 33.9 Å². The number of nitrogens with one attached hydrogen (secondary N) is 1. The first kappa shape index (κ1) is 35.6. The molecule has 0 radical (unpaired) electrons. The number of halogens is 3. The second-order valence-corrected chi connectivity index (χ2v) is 11.7. The summed E-state index contributed by atoms with van der Waals surface area (Å²) in [6.07, 6.45) is -3.08. The van der Waals surface area contributed by atoms with Gasteiger partial charge in [-0.15, -0.1) is 0 Å². The van der Waals surface area contributed by atoms with Crippen molar-refractivity contribution in [1.29, 1.82) is 0 Å². The number of fused-ring (bicyclic) bond motifs is 2. The number of nitrogens with two attached hydrogens (primary N) is 1. The third kappa shape index (κ3) is 9.06. The molecular weight excluding hydrogens is 647 g/mol. The highest BCUT2D eigenvalue weighted by Crippen LogP contribution is 2.35. The fraction of sp³-hybridized carbons (Fsp3) is 0.205. The number of nitrogens with zero attached hydrogens (tertiary/aromatic N) is 1. The van der Waals surface area contributed by atoms with E-state index in [-0.39, 0.29) is 30.7 Å². The predicted octanol–water partition coefficient (Wildman–Crippen LogP) is 7.84. The number of ether oxygens (including phenoxy) is 1. The van der Waals surface area contributed by atoms with Crippen LogP contribution in [0.15, 0.2) is 115 Å². The highest BCUT2D eigenvalue weighted by atomic mass is 19.4. The highest BCUT2D eigenvalue weighted by Gasteiger charge is 2.38. The number of aliphatic carboxylic acids is 1. The molecule has 1 aliphatic carbocycles. The largest absolute Gasteiger partial charge is 0.490 e. The summed E-state index contributed by atoms with van der Waals surface area (Å²) in [6.45, 7) is 0.736. The number of amides is 2. The van der Waals surface area contributed by atoms with Gasteiger partial charge in [-0.05, 0) is 70.1 Å². The molecule has 0 fully saturated rings. The van der Waals surface area contributed by atoms with Gasteiger partial charge in [0, 0.05) is 19.4 Å². The summed E-state index contributed by atoms with van der Waals surface area (Å²) in [4.78, 5) is 37.7. The molecule has 5 aromatic carbocycles. The van der Waals surface area contributed by atoms with Crippen molar-refractivity contribution in [3.63, 3.8) is 0 Å². The number of para-hydroxylation sites is 2. The summed E-state index contributed by atoms with van der Waals surface area (Å²) in [6, 6.07) is 37.6. The van der Waals surface area contributed by atoms with Gasteiger partial charge in [0.2, 0.25) is 11.8 Å². The second-order valence-electron chi connectivity index (χ2n) is 11.7. The average Bonchev–Trinajstić information content (AvgIpc) is 3.52. The molecule has 0 saturated carbocycles. The van der Waals surface area contributed by atoms with E-state index < -0.39 is 12.1 Å². The Kier molecular flexibility index (Phi) is 11.5. The van der Waals surface area contributed by atoms with E-state index in [4.69, 9.17) is 20.4 Å². The van der Waals surface area contributed by atoms with Gasteiger partial charge in [0.1, 0.15) is 5.75 Å². The minimum Gasteiger partial charge on any atom is -0.475 e. The topological polar surface area (TPSA) is 122 Å². The number of carbonyl (C=O) groups excluding carboxylic acids is 2. The zero-order valence-corrected chi connectivity index (χ0v) is 27.0. The molecule has 0 spiro atoms. The summed E-state index contributed by atoms with van der Waals surface area (Å²) in [7, 11) is 0. The van der Waals surface area contributed by atoms with Crippen LogP contribution in [0.5, 0.6) is 11.5 Å². The van der Waals surface area contributed by atoms with Gasteiger partial charge < -0.3 is 25.8 Å². The Labute approximate surface area is 287 Å². The molecule has 258 valence electrons. The molecule has 1 atom stereocenters. The summed E-state index contributed by atoms with van der Waals surface area (Å²) in [5.41, 5.74) is 10.9. The molecule has 50 heavy (non-hydrogen) atoms. The van der Waals surface area contributed by atoms with Crippen LogP contribution in [0.1, 0.15) is 47.6 Å². The van der Waals surface area contributed by atoms with Crippen LogP contribution in [0, 0.1) is 0 Å². The van der Waals surface area contributed by atoms with Crippen molar-refractivity contribution in [2.45, 2.75) is 51.0 Å². The third-order valence-corrected chi connectivity index (χ3v) is 8.30. The minimum atomic E-state index is -5.08. The number of hydrogen-bond donors (Lipinski definition) is 3. The van der Waals surface area contributed by atoms with Crippen molar-refractivity contribution < 1.29 is 37.4 Å². The zero-order valence-electron chi connectivity index (χ0n) is 27.0. The monoisotopic (exact) mass is 683 g/mol. The summed E-state index contributed by atoms with van der Waals surface area (Å²) < 4.78 is 38.1. The van der Waals surface area contributed by atoms with E-state index in [1.807, 2.05) is 84.9 Å². The maximum atomic E-state index is 14.0. The van der Waals surface area contributed by atoms with E-state index >= 15 is 0 Å². The van der Waals surface area contributed by atoms with E-state index in [1.165, 1.54) is 11.1 Å². The Morgan fingerprint density at radius 1 is 0.860 bits per heavy atom. The molecule has 4 N–H and O–H groups in total. The van der Waals surface area contributed by atoms with E-state index in [0.29, 0.717) is 30.3 Å². The van der Waals surface area contributed by atoms with Crippen LogP contribution >= 0.6 is 0 Å². The minimum absolute atomic E-state index is 0.0102. The highest BCUT2D eigenvalue weighted by molar-refractivity contribution is 5.97. The van der Waals surface area contributed by atoms with Crippen molar-refractivity contribution in [3.05, 3.63) is 138 Å². The van der Waals surface area contributed by atoms with Crippen molar-refractivity contribution in [1.82, 2.24) is 5.32 Å². The van der Waals surface area contributed by atoms with Gasteiger partial charge in [-0.1, -0.05) is 91.0 Å². The molecule has 5 aromatic rings. The van der Waals surface area contributed by atoms with Gasteiger partial charge in [-0.2, -0.15) is 13.2 Å². The molecule has 0 aliphatic heterocycles. The third-order valence-electron chi connectivity index (χ3n) is 8.30. The lowest BCUT2D eigenvalue weighted by Gasteiger charge is -2.26. The van der Waals surface area contributed by atoms with Crippen LogP contribution in [0.4, 0.5) is 18.9 Å². The van der Waals surface area contributed by atoms with Crippen molar-refractivity contribution in [3.8, 4) is 11.5 Å². The van der Waals surface area contributed by atoms with Crippen LogP contribution in [0.2, 0.25) is 0 Å². The number of anilines is 1. The summed E-state index contributed by atoms with van der Waals surface area (Å²) >= 11 is 0. The normalized spacial score (nSPS) is 13.5. The molecule has 1 unspecified atom stereocenters. The van der Waals surface area contributed by atoms with E-state index in [2.05, 4.69) is 35.6 Å². The molecule has 2 amide bonds.